The van der Waals surface area contributed by atoms with E-state index in [1.165, 1.54) is 0 Å². The van der Waals surface area contributed by atoms with Gasteiger partial charge in [0.15, 0.2) is 0 Å². The molecule has 1 aromatic heterocycles. The van der Waals surface area contributed by atoms with Crippen LogP contribution in [0.4, 0.5) is 0 Å². The molecule has 0 aliphatic heterocycles. The van der Waals surface area contributed by atoms with E-state index in [2.05, 4.69) is 5.10 Å². The van der Waals surface area contributed by atoms with Crippen LogP contribution in [0.25, 0.3) is 0 Å². The van der Waals surface area contributed by atoms with E-state index in [0.29, 0.717) is 11.4 Å². The Bertz CT molecular complexity index is 653. The smallest absolute Gasteiger partial charge is 0.338 e. The Morgan fingerprint density at radius 1 is 1.36 bits per heavy atom. The fourth-order valence-corrected chi connectivity index (χ4v) is 2.62. The maximum Gasteiger partial charge on any atom is 0.338 e. The number of aromatic nitrogens is 2. The van der Waals surface area contributed by atoms with E-state index < -0.39 is 0 Å². The van der Waals surface area contributed by atoms with Gasteiger partial charge >= 0.3 is 5.97 Å². The van der Waals surface area contributed by atoms with Crippen LogP contribution in [-0.2, 0) is 18.4 Å². The predicted molar refractivity (Wildman–Crippen MR) is 86.3 cm³/mol. The van der Waals surface area contributed by atoms with Gasteiger partial charge in [-0.25, -0.2) is 4.79 Å². The van der Waals surface area contributed by atoms with Gasteiger partial charge in [-0.1, -0.05) is 6.07 Å². The molecule has 0 fully saturated rings. The van der Waals surface area contributed by atoms with Crippen LogP contribution >= 0.6 is 11.8 Å². The van der Waals surface area contributed by atoms with E-state index in [-0.39, 0.29) is 18.7 Å². The van der Waals surface area contributed by atoms with Gasteiger partial charge in [0.25, 0.3) is 0 Å². The van der Waals surface area contributed by atoms with E-state index in [1.807, 2.05) is 45.5 Å². The van der Waals surface area contributed by atoms with E-state index in [4.69, 9.17) is 9.47 Å². The van der Waals surface area contributed by atoms with Gasteiger partial charge in [0, 0.05) is 29.8 Å². The number of ether oxygens (including phenoxy) is 2. The van der Waals surface area contributed by atoms with E-state index in [0.717, 1.165) is 10.5 Å². The number of hydrogen-bond acceptors (Lipinski definition) is 5. The van der Waals surface area contributed by atoms with Crippen LogP contribution in [0, 0.1) is 0 Å². The monoisotopic (exact) mass is 320 g/mol. The largest absolute Gasteiger partial charge is 0.472 e. The zero-order chi connectivity index (χ0) is 16.1. The zero-order valence-electron chi connectivity index (χ0n) is 13.2. The normalized spacial score (nSPS) is 10.8. The third-order valence-corrected chi connectivity index (χ3v) is 3.79. The van der Waals surface area contributed by atoms with Crippen LogP contribution < -0.4 is 4.74 Å². The standard InChI is InChI=1S/C16H20N2O3S/c1-11(2)21-16(19)12-6-5-7-14(22-4)13(12)10-20-15-8-9-18(3)17-15/h5-9,11H,10H2,1-4H3. The Balaban J connectivity index is 2.24. The van der Waals surface area contributed by atoms with Crippen molar-refractivity contribution in [3.8, 4) is 5.88 Å². The number of esters is 1. The van der Waals surface area contributed by atoms with Crippen molar-refractivity contribution in [3.63, 3.8) is 0 Å². The minimum atomic E-state index is -0.328. The van der Waals surface area contributed by atoms with Gasteiger partial charge in [0.1, 0.15) is 6.61 Å². The van der Waals surface area contributed by atoms with E-state index >= 15 is 0 Å². The molecule has 0 N–H and O–H groups in total. The average molecular weight is 320 g/mol. The van der Waals surface area contributed by atoms with Crippen LogP contribution in [0.5, 0.6) is 5.88 Å². The van der Waals surface area contributed by atoms with Gasteiger partial charge in [0.05, 0.1) is 11.7 Å². The Kier molecular flexibility index (Phi) is 5.49. The minimum absolute atomic E-state index is 0.157. The van der Waals surface area contributed by atoms with Crippen molar-refractivity contribution < 1.29 is 14.3 Å². The molecule has 1 aromatic carbocycles. The summed E-state index contributed by atoms with van der Waals surface area (Å²) in [5, 5.41) is 4.18. The molecule has 0 radical (unpaired) electrons. The van der Waals surface area contributed by atoms with Crippen molar-refractivity contribution in [3.05, 3.63) is 41.6 Å². The molecule has 0 spiro atoms. The molecule has 0 aliphatic carbocycles. The number of nitrogens with zero attached hydrogens (tertiary/aromatic N) is 2. The molecule has 0 aliphatic rings. The minimum Gasteiger partial charge on any atom is -0.472 e. The second-order valence-corrected chi connectivity index (χ2v) is 5.90. The molecule has 2 aromatic rings. The first kappa shape index (κ1) is 16.4. The number of benzene rings is 1. The highest BCUT2D eigenvalue weighted by atomic mass is 32.2. The molecule has 6 heteroatoms. The topological polar surface area (TPSA) is 53.4 Å². The average Bonchev–Trinajstić information content (AvgIpc) is 2.89. The lowest BCUT2D eigenvalue weighted by Gasteiger charge is -2.14. The fourth-order valence-electron chi connectivity index (χ4n) is 1.99. The first-order valence-corrected chi connectivity index (χ1v) is 8.23. The summed E-state index contributed by atoms with van der Waals surface area (Å²) >= 11 is 1.57. The molecule has 5 nitrogen and oxygen atoms in total. The van der Waals surface area contributed by atoms with Crippen molar-refractivity contribution in [1.82, 2.24) is 9.78 Å². The Morgan fingerprint density at radius 2 is 2.14 bits per heavy atom. The molecule has 0 unspecified atom stereocenters. The number of rotatable bonds is 6. The van der Waals surface area contributed by atoms with Crippen LogP contribution in [0.3, 0.4) is 0 Å². The van der Waals surface area contributed by atoms with Crippen LogP contribution in [0.15, 0.2) is 35.4 Å². The Labute approximate surface area is 134 Å². The molecule has 0 bridgehead atoms. The molecule has 1 heterocycles. The lowest BCUT2D eigenvalue weighted by atomic mass is 10.1. The molecule has 0 atom stereocenters. The number of carbonyl (C=O) groups excluding carboxylic acids is 1. The van der Waals surface area contributed by atoms with E-state index in [9.17, 15) is 4.79 Å². The molecule has 118 valence electrons. The van der Waals surface area contributed by atoms with Crippen LogP contribution in [-0.4, -0.2) is 28.1 Å². The second-order valence-electron chi connectivity index (χ2n) is 5.06. The van der Waals surface area contributed by atoms with Crippen molar-refractivity contribution >= 4 is 17.7 Å². The van der Waals surface area contributed by atoms with E-state index in [1.54, 1.807) is 28.6 Å². The lowest BCUT2D eigenvalue weighted by molar-refractivity contribution is 0.0374. The second kappa shape index (κ2) is 7.35. The van der Waals surface area contributed by atoms with Crippen LogP contribution in [0.2, 0.25) is 0 Å². The maximum absolute atomic E-state index is 12.3. The number of aryl methyl sites for hydroxylation is 1. The zero-order valence-corrected chi connectivity index (χ0v) is 14.0. The predicted octanol–water partition coefficient (Wildman–Crippen LogP) is 3.29. The van der Waals surface area contributed by atoms with Gasteiger partial charge < -0.3 is 9.47 Å². The number of hydrogen-bond donors (Lipinski definition) is 0. The summed E-state index contributed by atoms with van der Waals surface area (Å²) < 4.78 is 12.7. The maximum atomic E-state index is 12.3. The highest BCUT2D eigenvalue weighted by molar-refractivity contribution is 7.98. The number of thioether (sulfide) groups is 1. The van der Waals surface area contributed by atoms with Crippen molar-refractivity contribution in [1.29, 1.82) is 0 Å². The summed E-state index contributed by atoms with van der Waals surface area (Å²) in [5.41, 5.74) is 1.36. The fraction of sp³-hybridized carbons (Fsp3) is 0.375. The molecule has 2 rings (SSSR count). The summed E-state index contributed by atoms with van der Waals surface area (Å²) in [4.78, 5) is 13.2. The van der Waals surface area contributed by atoms with Crippen molar-refractivity contribution in [2.45, 2.75) is 31.5 Å². The highest BCUT2D eigenvalue weighted by Gasteiger charge is 2.17. The molecule has 22 heavy (non-hydrogen) atoms. The van der Waals surface area contributed by atoms with Crippen LogP contribution in [0.1, 0.15) is 29.8 Å². The summed E-state index contributed by atoms with van der Waals surface area (Å²) in [6, 6.07) is 7.37. The third-order valence-electron chi connectivity index (χ3n) is 2.97. The summed E-state index contributed by atoms with van der Waals surface area (Å²) in [7, 11) is 1.83. The molecular weight excluding hydrogens is 300 g/mol. The van der Waals surface area contributed by atoms with Crippen molar-refractivity contribution in [2.75, 3.05) is 6.26 Å². The Morgan fingerprint density at radius 3 is 2.73 bits per heavy atom. The quantitative estimate of drug-likeness (QED) is 0.604. The van der Waals surface area contributed by atoms with Gasteiger partial charge in [-0.2, -0.15) is 0 Å². The molecule has 0 amide bonds. The van der Waals surface area contributed by atoms with Gasteiger partial charge in [-0.05, 0) is 32.2 Å². The summed E-state index contributed by atoms with van der Waals surface area (Å²) in [6.07, 6.45) is 3.62. The SMILES string of the molecule is CSc1cccc(C(=O)OC(C)C)c1COc1ccn(C)n1. The van der Waals surface area contributed by atoms with Gasteiger partial charge in [-0.3, -0.25) is 4.68 Å². The first-order valence-electron chi connectivity index (χ1n) is 7.00. The molecule has 0 saturated heterocycles. The Hall–Kier alpha value is -1.95. The molecular formula is C16H20N2O3S. The van der Waals surface area contributed by atoms with Gasteiger partial charge in [-0.15, -0.1) is 16.9 Å². The first-order chi connectivity index (χ1) is 10.5. The highest BCUT2D eigenvalue weighted by Crippen LogP contribution is 2.26. The molecule has 0 saturated carbocycles. The summed E-state index contributed by atoms with van der Waals surface area (Å²) in [5.74, 6) is 0.201. The lowest BCUT2D eigenvalue weighted by Crippen LogP contribution is -2.15. The van der Waals surface area contributed by atoms with Gasteiger partial charge in [0.2, 0.25) is 5.88 Å². The number of carbonyl (C=O) groups is 1. The summed E-state index contributed by atoms with van der Waals surface area (Å²) in [6.45, 7) is 3.94. The third kappa shape index (κ3) is 4.04. The van der Waals surface area contributed by atoms with Crippen molar-refractivity contribution in [2.24, 2.45) is 7.05 Å².